The van der Waals surface area contributed by atoms with E-state index in [0.717, 1.165) is 23.4 Å². The lowest BCUT2D eigenvalue weighted by atomic mass is 10.1. The Labute approximate surface area is 84.4 Å². The number of carbonyl (C=O) groups excluding carboxylic acids is 1. The number of nitrogens with zero attached hydrogens (tertiary/aromatic N) is 2. The normalized spacial score (nSPS) is 11.1. The van der Waals surface area contributed by atoms with Gasteiger partial charge in [0.15, 0.2) is 5.78 Å². The third-order valence-corrected chi connectivity index (χ3v) is 2.26. The maximum atomic E-state index is 11.7. The molecule has 0 aliphatic rings. The summed E-state index contributed by atoms with van der Waals surface area (Å²) < 4.78 is 1.74. The van der Waals surface area contributed by atoms with Crippen molar-refractivity contribution in [2.75, 3.05) is 0 Å². The van der Waals surface area contributed by atoms with Gasteiger partial charge in [-0.05, 0) is 26.3 Å². The number of ketones is 1. The second-order valence-corrected chi connectivity index (χ2v) is 3.34. The van der Waals surface area contributed by atoms with Crippen molar-refractivity contribution in [2.24, 2.45) is 7.05 Å². The van der Waals surface area contributed by atoms with Crippen molar-refractivity contribution in [1.29, 1.82) is 0 Å². The smallest absolute Gasteiger partial charge is 0.189 e. The van der Waals surface area contributed by atoms with Crippen molar-refractivity contribution < 1.29 is 4.79 Å². The van der Waals surface area contributed by atoms with Crippen molar-refractivity contribution in [3.05, 3.63) is 29.1 Å². The Kier molecular flexibility index (Phi) is 3.23. The Balaban J connectivity index is 3.06. The lowest BCUT2D eigenvalue weighted by Crippen LogP contribution is -1.99. The highest BCUT2D eigenvalue weighted by atomic mass is 16.1. The van der Waals surface area contributed by atoms with Gasteiger partial charge in [0, 0.05) is 12.7 Å². The topological polar surface area (TPSA) is 34.9 Å². The summed E-state index contributed by atoms with van der Waals surface area (Å²) >= 11 is 0. The van der Waals surface area contributed by atoms with Crippen LogP contribution in [0.25, 0.3) is 0 Å². The summed E-state index contributed by atoms with van der Waals surface area (Å²) in [5, 5.41) is 4.20. The van der Waals surface area contributed by atoms with Gasteiger partial charge in [-0.25, -0.2) is 0 Å². The second kappa shape index (κ2) is 4.22. The summed E-state index contributed by atoms with van der Waals surface area (Å²) in [6, 6.07) is 0. The van der Waals surface area contributed by atoms with Crippen LogP contribution in [0.3, 0.4) is 0 Å². The van der Waals surface area contributed by atoms with E-state index in [4.69, 9.17) is 0 Å². The largest absolute Gasteiger partial charge is 0.289 e. The fraction of sp³-hybridized carbons (Fsp3) is 0.455. The van der Waals surface area contributed by atoms with Gasteiger partial charge in [0.2, 0.25) is 0 Å². The molecule has 0 radical (unpaired) electrons. The summed E-state index contributed by atoms with van der Waals surface area (Å²) in [5.74, 6) is 0.0509. The molecular formula is C11H16N2O. The monoisotopic (exact) mass is 192 g/mol. The molecule has 3 nitrogen and oxygen atoms in total. The number of carbonyl (C=O) groups is 1. The summed E-state index contributed by atoms with van der Waals surface area (Å²) in [5.41, 5.74) is 2.46. The SMILES string of the molecule is CC/C=C/C(=O)c1c(C)nn(C)c1C. The van der Waals surface area contributed by atoms with Crippen LogP contribution >= 0.6 is 0 Å². The van der Waals surface area contributed by atoms with Gasteiger partial charge in [-0.15, -0.1) is 0 Å². The zero-order valence-corrected chi connectivity index (χ0v) is 9.16. The van der Waals surface area contributed by atoms with Crippen molar-refractivity contribution in [3.8, 4) is 0 Å². The standard InChI is InChI=1S/C11H16N2O/c1-5-6-7-10(14)11-8(2)12-13(4)9(11)3/h6-7H,5H2,1-4H3/b7-6+. The Morgan fingerprint density at radius 1 is 1.50 bits per heavy atom. The minimum Gasteiger partial charge on any atom is -0.289 e. The summed E-state index contributed by atoms with van der Waals surface area (Å²) in [7, 11) is 1.85. The fourth-order valence-electron chi connectivity index (χ4n) is 1.44. The number of aromatic nitrogens is 2. The first-order valence-electron chi connectivity index (χ1n) is 4.79. The van der Waals surface area contributed by atoms with Gasteiger partial charge < -0.3 is 0 Å². The van der Waals surface area contributed by atoms with Crippen LogP contribution in [0.15, 0.2) is 12.2 Å². The number of allylic oxidation sites excluding steroid dienone is 2. The van der Waals surface area contributed by atoms with Crippen LogP contribution in [0, 0.1) is 13.8 Å². The van der Waals surface area contributed by atoms with Gasteiger partial charge in [0.25, 0.3) is 0 Å². The first kappa shape index (κ1) is 10.7. The van der Waals surface area contributed by atoms with Crippen molar-refractivity contribution >= 4 is 5.78 Å². The number of rotatable bonds is 3. The van der Waals surface area contributed by atoms with E-state index in [1.165, 1.54) is 0 Å². The molecular weight excluding hydrogens is 176 g/mol. The highest BCUT2D eigenvalue weighted by molar-refractivity contribution is 6.06. The molecule has 1 aromatic rings. The zero-order valence-electron chi connectivity index (χ0n) is 9.16. The zero-order chi connectivity index (χ0) is 10.7. The maximum Gasteiger partial charge on any atom is 0.189 e. The average molecular weight is 192 g/mol. The molecule has 0 bridgehead atoms. The second-order valence-electron chi connectivity index (χ2n) is 3.34. The van der Waals surface area contributed by atoms with E-state index in [-0.39, 0.29) is 5.78 Å². The Bertz CT molecular complexity index is 375. The van der Waals surface area contributed by atoms with E-state index in [9.17, 15) is 4.79 Å². The minimum atomic E-state index is 0.0509. The Morgan fingerprint density at radius 3 is 2.57 bits per heavy atom. The third kappa shape index (κ3) is 1.92. The lowest BCUT2D eigenvalue weighted by molar-refractivity contribution is 0.104. The average Bonchev–Trinajstić information content (AvgIpc) is 2.38. The van der Waals surface area contributed by atoms with E-state index >= 15 is 0 Å². The predicted octanol–water partition coefficient (Wildman–Crippen LogP) is 2.19. The Hall–Kier alpha value is -1.38. The van der Waals surface area contributed by atoms with Crippen LogP contribution < -0.4 is 0 Å². The van der Waals surface area contributed by atoms with E-state index in [0.29, 0.717) is 0 Å². The number of aryl methyl sites for hydroxylation is 2. The lowest BCUT2D eigenvalue weighted by Gasteiger charge is -1.95. The van der Waals surface area contributed by atoms with Crippen LogP contribution in [0.2, 0.25) is 0 Å². The third-order valence-electron chi connectivity index (χ3n) is 2.26. The molecule has 1 heterocycles. The molecule has 0 spiro atoms. The van der Waals surface area contributed by atoms with Gasteiger partial charge in [-0.1, -0.05) is 13.0 Å². The molecule has 0 N–H and O–H groups in total. The summed E-state index contributed by atoms with van der Waals surface area (Å²) in [4.78, 5) is 11.7. The Morgan fingerprint density at radius 2 is 2.14 bits per heavy atom. The number of hydrogen-bond acceptors (Lipinski definition) is 2. The van der Waals surface area contributed by atoms with Crippen molar-refractivity contribution in [3.63, 3.8) is 0 Å². The molecule has 1 aromatic heterocycles. The van der Waals surface area contributed by atoms with Crippen LogP contribution in [-0.2, 0) is 7.05 Å². The predicted molar refractivity (Wildman–Crippen MR) is 56.4 cm³/mol. The fourth-order valence-corrected chi connectivity index (χ4v) is 1.44. The molecule has 0 saturated carbocycles. The molecule has 0 atom stereocenters. The van der Waals surface area contributed by atoms with Crippen LogP contribution in [0.4, 0.5) is 0 Å². The van der Waals surface area contributed by atoms with E-state index in [1.807, 2.05) is 33.9 Å². The van der Waals surface area contributed by atoms with Crippen LogP contribution in [0.1, 0.15) is 35.1 Å². The molecule has 0 amide bonds. The van der Waals surface area contributed by atoms with Crippen molar-refractivity contribution in [1.82, 2.24) is 9.78 Å². The molecule has 1 rings (SSSR count). The summed E-state index contributed by atoms with van der Waals surface area (Å²) in [6.45, 7) is 5.78. The molecule has 14 heavy (non-hydrogen) atoms. The minimum absolute atomic E-state index is 0.0509. The molecule has 76 valence electrons. The van der Waals surface area contributed by atoms with E-state index in [2.05, 4.69) is 5.10 Å². The van der Waals surface area contributed by atoms with Gasteiger partial charge in [0.1, 0.15) is 0 Å². The molecule has 3 heteroatoms. The highest BCUT2D eigenvalue weighted by Crippen LogP contribution is 2.13. The first-order chi connectivity index (χ1) is 6.57. The first-order valence-corrected chi connectivity index (χ1v) is 4.79. The van der Waals surface area contributed by atoms with Crippen molar-refractivity contribution in [2.45, 2.75) is 27.2 Å². The van der Waals surface area contributed by atoms with E-state index < -0.39 is 0 Å². The molecule has 0 aliphatic heterocycles. The summed E-state index contributed by atoms with van der Waals surface area (Å²) in [6.07, 6.45) is 4.37. The molecule has 0 unspecified atom stereocenters. The highest BCUT2D eigenvalue weighted by Gasteiger charge is 2.14. The van der Waals surface area contributed by atoms with Gasteiger partial charge in [-0.3, -0.25) is 9.48 Å². The molecule has 0 aromatic carbocycles. The maximum absolute atomic E-state index is 11.7. The number of hydrogen-bond donors (Lipinski definition) is 0. The molecule has 0 saturated heterocycles. The molecule has 0 aliphatic carbocycles. The van der Waals surface area contributed by atoms with Gasteiger partial charge in [0.05, 0.1) is 11.3 Å². The van der Waals surface area contributed by atoms with E-state index in [1.54, 1.807) is 10.8 Å². The molecule has 0 fully saturated rings. The van der Waals surface area contributed by atoms with Crippen LogP contribution in [-0.4, -0.2) is 15.6 Å². The quantitative estimate of drug-likeness (QED) is 0.543. The van der Waals surface area contributed by atoms with Crippen LogP contribution in [0.5, 0.6) is 0 Å². The van der Waals surface area contributed by atoms with Gasteiger partial charge in [-0.2, -0.15) is 5.10 Å². The van der Waals surface area contributed by atoms with Gasteiger partial charge >= 0.3 is 0 Å².